The average molecular weight is 213 g/mol. The van der Waals surface area contributed by atoms with Gasteiger partial charge in [-0.15, -0.1) is 0 Å². The summed E-state index contributed by atoms with van der Waals surface area (Å²) < 4.78 is 9.77. The molecular weight excluding hydrogens is 202 g/mol. The Labute approximate surface area is 86.1 Å². The van der Waals surface area contributed by atoms with Crippen LogP contribution in [-0.2, 0) is 4.79 Å². The van der Waals surface area contributed by atoms with E-state index in [1.807, 2.05) is 0 Å². The molecule has 1 aromatic heterocycles. The van der Waals surface area contributed by atoms with E-state index in [2.05, 4.69) is 15.3 Å². The molecule has 0 saturated carbocycles. The Kier molecular flexibility index (Phi) is 3.67. The predicted octanol–water partition coefficient (Wildman–Crippen LogP) is -0.00970. The number of nitrogens with zero attached hydrogens (tertiary/aromatic N) is 2. The smallest absolute Gasteiger partial charge is 0.322 e. The van der Waals surface area contributed by atoms with E-state index >= 15 is 0 Å². The number of carboxylic acids is 1. The molecule has 82 valence electrons. The molecule has 0 atom stereocenters. The number of rotatable bonds is 5. The van der Waals surface area contributed by atoms with Crippen LogP contribution in [0.4, 0.5) is 5.95 Å². The van der Waals surface area contributed by atoms with Crippen LogP contribution >= 0.6 is 0 Å². The lowest BCUT2D eigenvalue weighted by Gasteiger charge is -2.06. The fourth-order valence-electron chi connectivity index (χ4n) is 0.847. The molecule has 1 aromatic rings. The Balaban J connectivity index is 2.81. The number of aliphatic carboxylic acids is 1. The first-order valence-electron chi connectivity index (χ1n) is 4.08. The van der Waals surface area contributed by atoms with Crippen molar-refractivity contribution in [2.24, 2.45) is 0 Å². The quantitative estimate of drug-likeness (QED) is 0.710. The van der Waals surface area contributed by atoms with Gasteiger partial charge in [-0.3, -0.25) is 4.79 Å². The van der Waals surface area contributed by atoms with Gasteiger partial charge in [0.25, 0.3) is 0 Å². The van der Waals surface area contributed by atoms with Crippen LogP contribution in [0.1, 0.15) is 0 Å². The molecule has 0 aliphatic rings. The molecule has 0 radical (unpaired) electrons. The lowest BCUT2D eigenvalue weighted by molar-refractivity contribution is -0.134. The van der Waals surface area contributed by atoms with Crippen LogP contribution in [0.15, 0.2) is 6.07 Å². The topological polar surface area (TPSA) is 93.6 Å². The highest BCUT2D eigenvalue weighted by molar-refractivity contribution is 5.71. The van der Waals surface area contributed by atoms with E-state index in [1.165, 1.54) is 20.3 Å². The molecule has 0 fully saturated rings. The summed E-state index contributed by atoms with van der Waals surface area (Å²) in [5.41, 5.74) is 0. The number of carboxylic acid groups (broad SMARTS) is 1. The first-order chi connectivity index (χ1) is 7.15. The normalized spacial score (nSPS) is 9.47. The Bertz CT molecular complexity index is 333. The van der Waals surface area contributed by atoms with Gasteiger partial charge in [0.05, 0.1) is 20.3 Å². The maximum atomic E-state index is 10.3. The average Bonchev–Trinajstić information content (AvgIpc) is 2.25. The van der Waals surface area contributed by atoms with Crippen molar-refractivity contribution in [1.29, 1.82) is 0 Å². The van der Waals surface area contributed by atoms with Crippen LogP contribution in [0.3, 0.4) is 0 Å². The molecule has 1 heterocycles. The maximum Gasteiger partial charge on any atom is 0.322 e. The molecule has 0 aromatic carbocycles. The minimum absolute atomic E-state index is 0.147. The number of carbonyl (C=O) groups is 1. The molecule has 0 amide bonds. The van der Waals surface area contributed by atoms with E-state index in [0.717, 1.165) is 0 Å². The van der Waals surface area contributed by atoms with Crippen molar-refractivity contribution in [2.75, 3.05) is 26.1 Å². The number of anilines is 1. The standard InChI is InChI=1S/C8H11N3O4/c1-14-5-3-6(15-2)11-8(10-5)9-4-7(12)13/h3H,4H2,1-2H3,(H,12,13)(H,9,10,11). The van der Waals surface area contributed by atoms with Gasteiger partial charge in [0.1, 0.15) is 6.54 Å². The van der Waals surface area contributed by atoms with Crippen molar-refractivity contribution in [2.45, 2.75) is 0 Å². The first kappa shape index (κ1) is 11.0. The van der Waals surface area contributed by atoms with Gasteiger partial charge in [0, 0.05) is 0 Å². The van der Waals surface area contributed by atoms with Crippen molar-refractivity contribution in [1.82, 2.24) is 9.97 Å². The monoisotopic (exact) mass is 213 g/mol. The molecule has 7 nitrogen and oxygen atoms in total. The van der Waals surface area contributed by atoms with Gasteiger partial charge in [0.15, 0.2) is 0 Å². The van der Waals surface area contributed by atoms with E-state index in [0.29, 0.717) is 11.8 Å². The number of nitrogens with one attached hydrogen (secondary N) is 1. The summed E-state index contributed by atoms with van der Waals surface area (Å²) in [6, 6.07) is 1.49. The van der Waals surface area contributed by atoms with Crippen LogP contribution in [0.5, 0.6) is 11.8 Å². The molecule has 0 aliphatic carbocycles. The van der Waals surface area contributed by atoms with Crippen molar-refractivity contribution in [3.8, 4) is 11.8 Å². The summed E-state index contributed by atoms with van der Waals surface area (Å²) in [6.45, 7) is -0.268. The van der Waals surface area contributed by atoms with Gasteiger partial charge in [-0.25, -0.2) is 0 Å². The molecule has 2 N–H and O–H groups in total. The van der Waals surface area contributed by atoms with Crippen molar-refractivity contribution >= 4 is 11.9 Å². The van der Waals surface area contributed by atoms with Gasteiger partial charge >= 0.3 is 5.97 Å². The molecule has 15 heavy (non-hydrogen) atoms. The van der Waals surface area contributed by atoms with Crippen LogP contribution < -0.4 is 14.8 Å². The van der Waals surface area contributed by atoms with Crippen LogP contribution in [0.2, 0.25) is 0 Å². The van der Waals surface area contributed by atoms with Gasteiger partial charge in [-0.1, -0.05) is 0 Å². The summed E-state index contributed by atoms with van der Waals surface area (Å²) in [4.78, 5) is 18.1. The molecule has 0 saturated heterocycles. The zero-order valence-corrected chi connectivity index (χ0v) is 8.35. The molecule has 0 spiro atoms. The second kappa shape index (κ2) is 4.99. The number of ether oxygens (including phenoxy) is 2. The zero-order valence-electron chi connectivity index (χ0n) is 8.35. The second-order valence-corrected chi connectivity index (χ2v) is 2.52. The Hall–Kier alpha value is -2.05. The molecule has 0 bridgehead atoms. The lowest BCUT2D eigenvalue weighted by atomic mass is 10.6. The number of hydrogen-bond donors (Lipinski definition) is 2. The highest BCUT2D eigenvalue weighted by atomic mass is 16.5. The summed E-state index contributed by atoms with van der Waals surface area (Å²) in [5, 5.41) is 11.0. The van der Waals surface area contributed by atoms with Crippen molar-refractivity contribution in [3.05, 3.63) is 6.07 Å². The zero-order chi connectivity index (χ0) is 11.3. The number of hydrogen-bond acceptors (Lipinski definition) is 6. The minimum Gasteiger partial charge on any atom is -0.481 e. The lowest BCUT2D eigenvalue weighted by Crippen LogP contribution is -2.14. The third kappa shape index (κ3) is 3.29. The van der Waals surface area contributed by atoms with Gasteiger partial charge in [0.2, 0.25) is 17.7 Å². The van der Waals surface area contributed by atoms with Crippen LogP contribution in [-0.4, -0.2) is 41.8 Å². The Morgan fingerprint density at radius 2 is 1.93 bits per heavy atom. The molecule has 0 unspecified atom stereocenters. The molecule has 7 heteroatoms. The summed E-state index contributed by atoms with van der Waals surface area (Å²) in [5.74, 6) is -0.251. The van der Waals surface area contributed by atoms with Crippen molar-refractivity contribution < 1.29 is 19.4 Å². The van der Waals surface area contributed by atoms with E-state index in [4.69, 9.17) is 14.6 Å². The molecule has 0 aliphatic heterocycles. The highest BCUT2D eigenvalue weighted by Crippen LogP contribution is 2.16. The van der Waals surface area contributed by atoms with Crippen molar-refractivity contribution in [3.63, 3.8) is 0 Å². The number of aromatic nitrogens is 2. The fourth-order valence-corrected chi connectivity index (χ4v) is 0.847. The summed E-state index contributed by atoms with van der Waals surface area (Å²) in [7, 11) is 2.89. The summed E-state index contributed by atoms with van der Waals surface area (Å²) >= 11 is 0. The van der Waals surface area contributed by atoms with E-state index < -0.39 is 5.97 Å². The van der Waals surface area contributed by atoms with E-state index in [9.17, 15) is 4.79 Å². The maximum absolute atomic E-state index is 10.3. The minimum atomic E-state index is -1.000. The predicted molar refractivity (Wildman–Crippen MR) is 51.3 cm³/mol. The van der Waals surface area contributed by atoms with Crippen LogP contribution in [0, 0.1) is 0 Å². The summed E-state index contributed by atoms with van der Waals surface area (Å²) in [6.07, 6.45) is 0. The fraction of sp³-hybridized carbons (Fsp3) is 0.375. The highest BCUT2D eigenvalue weighted by Gasteiger charge is 2.05. The van der Waals surface area contributed by atoms with Crippen LogP contribution in [0.25, 0.3) is 0 Å². The largest absolute Gasteiger partial charge is 0.481 e. The second-order valence-electron chi connectivity index (χ2n) is 2.52. The van der Waals surface area contributed by atoms with E-state index in [1.54, 1.807) is 0 Å². The first-order valence-corrected chi connectivity index (χ1v) is 4.08. The Morgan fingerprint density at radius 3 is 2.33 bits per heavy atom. The van der Waals surface area contributed by atoms with Gasteiger partial charge in [-0.2, -0.15) is 9.97 Å². The van der Waals surface area contributed by atoms with Gasteiger partial charge in [-0.05, 0) is 0 Å². The van der Waals surface area contributed by atoms with Gasteiger partial charge < -0.3 is 19.9 Å². The van der Waals surface area contributed by atoms with E-state index in [-0.39, 0.29) is 12.5 Å². The molecule has 1 rings (SSSR count). The number of methoxy groups -OCH3 is 2. The third-order valence-corrected chi connectivity index (χ3v) is 1.50. The molecular formula is C8H11N3O4. The Morgan fingerprint density at radius 1 is 1.40 bits per heavy atom. The SMILES string of the molecule is COc1cc(OC)nc(NCC(=O)O)n1. The third-order valence-electron chi connectivity index (χ3n) is 1.50.